The predicted octanol–water partition coefficient (Wildman–Crippen LogP) is 3.32. The van der Waals surface area contributed by atoms with E-state index in [-0.39, 0.29) is 12.0 Å². The number of carbonyl (C=O) groups excluding carboxylic acids is 3. The zero-order chi connectivity index (χ0) is 21.2. The minimum Gasteiger partial charge on any atom is -0.496 e. The number of halogens is 1. The molecule has 0 aromatic heterocycles. The molecule has 0 heterocycles. The van der Waals surface area contributed by atoms with Crippen molar-refractivity contribution in [3.05, 3.63) is 58.6 Å². The van der Waals surface area contributed by atoms with E-state index in [9.17, 15) is 14.4 Å². The van der Waals surface area contributed by atoms with E-state index in [1.54, 1.807) is 30.3 Å². The van der Waals surface area contributed by atoms with Crippen LogP contribution in [-0.4, -0.2) is 38.1 Å². The third-order valence-corrected chi connectivity index (χ3v) is 4.32. The molecule has 0 aliphatic heterocycles. The molecule has 0 unspecified atom stereocenters. The molecule has 0 radical (unpaired) electrons. The van der Waals surface area contributed by atoms with Crippen molar-refractivity contribution in [1.29, 1.82) is 0 Å². The molecule has 0 bridgehead atoms. The van der Waals surface area contributed by atoms with Crippen molar-refractivity contribution in [3.8, 4) is 11.5 Å². The second-order valence-electron chi connectivity index (χ2n) is 6.10. The first-order valence-electron chi connectivity index (χ1n) is 8.92. The van der Waals surface area contributed by atoms with Gasteiger partial charge < -0.3 is 14.2 Å². The molecule has 2 amide bonds. The van der Waals surface area contributed by atoms with Crippen LogP contribution >= 0.6 is 11.6 Å². The summed E-state index contributed by atoms with van der Waals surface area (Å²) < 4.78 is 15.5. The molecule has 0 spiro atoms. The molecule has 8 heteroatoms. The van der Waals surface area contributed by atoms with Crippen molar-refractivity contribution in [2.45, 2.75) is 19.8 Å². The number of methoxy groups -OCH3 is 1. The van der Waals surface area contributed by atoms with Crippen molar-refractivity contribution < 1.29 is 28.6 Å². The summed E-state index contributed by atoms with van der Waals surface area (Å²) in [6.07, 6.45) is 0.503. The zero-order valence-corrected chi connectivity index (χ0v) is 17.0. The van der Waals surface area contributed by atoms with Gasteiger partial charge in [-0.3, -0.25) is 19.7 Å². The third kappa shape index (κ3) is 7.12. The molecule has 2 aromatic carbocycles. The average Bonchev–Trinajstić information content (AvgIpc) is 2.72. The monoisotopic (exact) mass is 419 g/mol. The number of rotatable bonds is 9. The standard InChI is InChI=1S/C21H22ClNO6/c1-14-12-15(9-10-17(14)22)28-11-5-8-20(25)29-13-19(24)23-21(26)16-6-3-4-7-18(16)27-2/h3-4,6-7,9-10,12H,5,8,11,13H2,1-2H3,(H,23,24,26). The van der Waals surface area contributed by atoms with Crippen LogP contribution < -0.4 is 14.8 Å². The topological polar surface area (TPSA) is 90.9 Å². The molecule has 29 heavy (non-hydrogen) atoms. The highest BCUT2D eigenvalue weighted by Gasteiger charge is 2.15. The Bertz CT molecular complexity index is 883. The number of benzene rings is 2. The average molecular weight is 420 g/mol. The van der Waals surface area contributed by atoms with Crippen LogP contribution in [0.4, 0.5) is 0 Å². The number of nitrogens with one attached hydrogen (secondary N) is 1. The number of imide groups is 1. The lowest BCUT2D eigenvalue weighted by atomic mass is 10.2. The number of esters is 1. The molecule has 2 aromatic rings. The Morgan fingerprint density at radius 1 is 1.10 bits per heavy atom. The van der Waals surface area contributed by atoms with E-state index in [1.165, 1.54) is 13.2 Å². The summed E-state index contributed by atoms with van der Waals surface area (Å²) in [7, 11) is 1.42. The smallest absolute Gasteiger partial charge is 0.306 e. The number of amides is 2. The number of aryl methyl sites for hydroxylation is 1. The van der Waals surface area contributed by atoms with Gasteiger partial charge in [-0.05, 0) is 49.2 Å². The lowest BCUT2D eigenvalue weighted by molar-refractivity contribution is -0.148. The van der Waals surface area contributed by atoms with Crippen LogP contribution in [0.2, 0.25) is 5.02 Å². The molecular formula is C21H22ClNO6. The molecule has 154 valence electrons. The van der Waals surface area contributed by atoms with Crippen LogP contribution in [0.25, 0.3) is 0 Å². The minimum atomic E-state index is -0.720. The number of para-hydroxylation sites is 1. The zero-order valence-electron chi connectivity index (χ0n) is 16.2. The van der Waals surface area contributed by atoms with Gasteiger partial charge in [0.1, 0.15) is 11.5 Å². The SMILES string of the molecule is COc1ccccc1C(=O)NC(=O)COC(=O)CCCOc1ccc(Cl)c(C)c1. The summed E-state index contributed by atoms with van der Waals surface area (Å²) in [5.41, 5.74) is 1.11. The lowest BCUT2D eigenvalue weighted by Gasteiger charge is -2.09. The number of hydrogen-bond acceptors (Lipinski definition) is 6. The largest absolute Gasteiger partial charge is 0.496 e. The Morgan fingerprint density at radius 2 is 1.86 bits per heavy atom. The van der Waals surface area contributed by atoms with Gasteiger partial charge in [0, 0.05) is 11.4 Å². The van der Waals surface area contributed by atoms with Gasteiger partial charge in [0.15, 0.2) is 6.61 Å². The van der Waals surface area contributed by atoms with Crippen molar-refractivity contribution >= 4 is 29.4 Å². The van der Waals surface area contributed by atoms with Gasteiger partial charge in [0.05, 0.1) is 19.3 Å². The second kappa shape index (κ2) is 11.1. The van der Waals surface area contributed by atoms with Crippen molar-refractivity contribution in [2.24, 2.45) is 0 Å². The Morgan fingerprint density at radius 3 is 2.59 bits per heavy atom. The number of hydrogen-bond donors (Lipinski definition) is 1. The van der Waals surface area contributed by atoms with E-state index < -0.39 is 24.4 Å². The van der Waals surface area contributed by atoms with E-state index in [4.69, 9.17) is 25.8 Å². The molecule has 7 nitrogen and oxygen atoms in total. The van der Waals surface area contributed by atoms with Gasteiger partial charge in [-0.25, -0.2) is 0 Å². The summed E-state index contributed by atoms with van der Waals surface area (Å²) in [6, 6.07) is 11.8. The highest BCUT2D eigenvalue weighted by Crippen LogP contribution is 2.21. The summed E-state index contributed by atoms with van der Waals surface area (Å²) >= 11 is 5.95. The van der Waals surface area contributed by atoms with E-state index in [0.29, 0.717) is 29.5 Å². The highest BCUT2D eigenvalue weighted by molar-refractivity contribution is 6.31. The quantitative estimate of drug-likeness (QED) is 0.495. The van der Waals surface area contributed by atoms with E-state index in [0.717, 1.165) is 5.56 Å². The van der Waals surface area contributed by atoms with Crippen LogP contribution in [0.3, 0.4) is 0 Å². The second-order valence-corrected chi connectivity index (χ2v) is 6.51. The molecule has 2 rings (SSSR count). The van der Waals surface area contributed by atoms with Crippen molar-refractivity contribution in [2.75, 3.05) is 20.3 Å². The van der Waals surface area contributed by atoms with Crippen molar-refractivity contribution in [3.63, 3.8) is 0 Å². The number of carbonyl (C=O) groups is 3. The van der Waals surface area contributed by atoms with Gasteiger partial charge in [-0.15, -0.1) is 0 Å². The lowest BCUT2D eigenvalue weighted by Crippen LogP contribution is -2.34. The molecule has 0 aliphatic rings. The summed E-state index contributed by atoms with van der Waals surface area (Å²) in [5.74, 6) is -0.904. The fraction of sp³-hybridized carbons (Fsp3) is 0.286. The number of ether oxygens (including phenoxy) is 3. The van der Waals surface area contributed by atoms with E-state index in [2.05, 4.69) is 5.32 Å². The van der Waals surface area contributed by atoms with Crippen LogP contribution in [0.1, 0.15) is 28.8 Å². The fourth-order valence-electron chi connectivity index (χ4n) is 2.39. The molecule has 0 saturated carbocycles. The minimum absolute atomic E-state index is 0.0836. The van der Waals surface area contributed by atoms with Gasteiger partial charge in [0.25, 0.3) is 11.8 Å². The Labute approximate surface area is 173 Å². The predicted molar refractivity (Wildman–Crippen MR) is 107 cm³/mol. The first-order chi connectivity index (χ1) is 13.9. The van der Waals surface area contributed by atoms with Crippen LogP contribution in [-0.2, 0) is 14.3 Å². The summed E-state index contributed by atoms with van der Waals surface area (Å²) in [6.45, 7) is 1.64. The van der Waals surface area contributed by atoms with Crippen LogP contribution in [0, 0.1) is 6.92 Å². The first-order valence-corrected chi connectivity index (χ1v) is 9.30. The summed E-state index contributed by atoms with van der Waals surface area (Å²) in [4.78, 5) is 35.6. The van der Waals surface area contributed by atoms with Gasteiger partial charge in [-0.1, -0.05) is 23.7 Å². The van der Waals surface area contributed by atoms with Crippen molar-refractivity contribution in [1.82, 2.24) is 5.32 Å². The van der Waals surface area contributed by atoms with Crippen LogP contribution in [0.15, 0.2) is 42.5 Å². The van der Waals surface area contributed by atoms with Crippen LogP contribution in [0.5, 0.6) is 11.5 Å². The molecule has 0 atom stereocenters. The Kier molecular flexibility index (Phi) is 8.48. The Balaban J connectivity index is 1.67. The van der Waals surface area contributed by atoms with Gasteiger partial charge >= 0.3 is 5.97 Å². The maximum Gasteiger partial charge on any atom is 0.306 e. The van der Waals surface area contributed by atoms with Gasteiger partial charge in [0.2, 0.25) is 0 Å². The molecule has 1 N–H and O–H groups in total. The highest BCUT2D eigenvalue weighted by atomic mass is 35.5. The fourth-order valence-corrected chi connectivity index (χ4v) is 2.51. The molecule has 0 aliphatic carbocycles. The molecular weight excluding hydrogens is 398 g/mol. The summed E-state index contributed by atoms with van der Waals surface area (Å²) in [5, 5.41) is 2.81. The Hall–Kier alpha value is -3.06. The van der Waals surface area contributed by atoms with E-state index >= 15 is 0 Å². The molecule has 0 saturated heterocycles. The third-order valence-electron chi connectivity index (χ3n) is 3.89. The molecule has 0 fully saturated rings. The van der Waals surface area contributed by atoms with E-state index in [1.807, 2.05) is 13.0 Å². The van der Waals surface area contributed by atoms with Gasteiger partial charge in [-0.2, -0.15) is 0 Å². The maximum atomic E-state index is 12.1. The maximum absolute atomic E-state index is 12.1. The first kappa shape index (κ1) is 22.2. The normalized spacial score (nSPS) is 10.2.